The van der Waals surface area contributed by atoms with Gasteiger partial charge in [-0.05, 0) is 38.5 Å². The molecule has 0 aliphatic heterocycles. The number of carbonyl (C=O) groups is 1. The predicted octanol–water partition coefficient (Wildman–Crippen LogP) is 2.56. The first kappa shape index (κ1) is 10.8. The number of rotatable bonds is 4. The van der Waals surface area contributed by atoms with Crippen molar-refractivity contribution in [2.75, 3.05) is 6.61 Å². The van der Waals surface area contributed by atoms with E-state index in [-0.39, 0.29) is 0 Å². The second-order valence-corrected chi connectivity index (χ2v) is 3.80. The van der Waals surface area contributed by atoms with Crippen LogP contribution in [0.5, 0.6) is 5.75 Å². The molecule has 0 saturated heterocycles. The van der Waals surface area contributed by atoms with Crippen molar-refractivity contribution in [3.63, 3.8) is 0 Å². The van der Waals surface area contributed by atoms with Gasteiger partial charge in [0.05, 0.1) is 6.61 Å². The molecule has 2 nitrogen and oxygen atoms in total. The Morgan fingerprint density at radius 2 is 1.86 bits per heavy atom. The molecule has 0 radical (unpaired) electrons. The Morgan fingerprint density at radius 1 is 1.29 bits per heavy atom. The van der Waals surface area contributed by atoms with Crippen LogP contribution in [0.4, 0.5) is 0 Å². The van der Waals surface area contributed by atoms with Gasteiger partial charge in [-0.15, -0.1) is 0 Å². The molecule has 0 unspecified atom stereocenters. The van der Waals surface area contributed by atoms with Crippen molar-refractivity contribution in [1.82, 2.24) is 0 Å². The van der Waals surface area contributed by atoms with Crippen molar-refractivity contribution >= 4 is 6.29 Å². The molecule has 14 heavy (non-hydrogen) atoms. The smallest absolute Gasteiger partial charge is 0.129 e. The van der Waals surface area contributed by atoms with Crippen LogP contribution in [-0.4, -0.2) is 12.9 Å². The first-order valence-corrected chi connectivity index (χ1v) is 4.80. The fourth-order valence-electron chi connectivity index (χ4n) is 1.22. The Kier molecular flexibility index (Phi) is 3.28. The van der Waals surface area contributed by atoms with E-state index < -0.39 is 5.41 Å². The third-order valence-corrected chi connectivity index (χ3v) is 2.20. The van der Waals surface area contributed by atoms with E-state index in [0.717, 1.165) is 17.6 Å². The predicted molar refractivity (Wildman–Crippen MR) is 56.7 cm³/mol. The summed E-state index contributed by atoms with van der Waals surface area (Å²) < 4.78 is 5.32. The van der Waals surface area contributed by atoms with Crippen LogP contribution in [-0.2, 0) is 10.2 Å². The molecule has 76 valence electrons. The molecule has 0 heterocycles. The van der Waals surface area contributed by atoms with Crippen molar-refractivity contribution in [3.05, 3.63) is 29.8 Å². The normalized spacial score (nSPS) is 11.1. The fraction of sp³-hybridized carbons (Fsp3) is 0.417. The maximum Gasteiger partial charge on any atom is 0.129 e. The van der Waals surface area contributed by atoms with Crippen LogP contribution in [0, 0.1) is 0 Å². The van der Waals surface area contributed by atoms with Gasteiger partial charge in [-0.3, -0.25) is 0 Å². The molecule has 0 aliphatic carbocycles. The molecule has 0 fully saturated rings. The molecule has 1 rings (SSSR count). The monoisotopic (exact) mass is 192 g/mol. The van der Waals surface area contributed by atoms with Crippen LogP contribution < -0.4 is 4.74 Å². The van der Waals surface area contributed by atoms with Crippen LogP contribution in [0.3, 0.4) is 0 Å². The van der Waals surface area contributed by atoms with Crippen molar-refractivity contribution in [1.29, 1.82) is 0 Å². The molecule has 1 aromatic carbocycles. The van der Waals surface area contributed by atoms with Gasteiger partial charge in [0.2, 0.25) is 0 Å². The van der Waals surface area contributed by atoms with E-state index in [1.807, 2.05) is 45.0 Å². The summed E-state index contributed by atoms with van der Waals surface area (Å²) in [6.45, 7) is 6.41. The van der Waals surface area contributed by atoms with Crippen LogP contribution in [0.1, 0.15) is 26.3 Å². The Hall–Kier alpha value is -1.31. The molecule has 0 atom stereocenters. The summed E-state index contributed by atoms with van der Waals surface area (Å²) in [6.07, 6.45) is 0.961. The lowest BCUT2D eigenvalue weighted by Crippen LogP contribution is -2.18. The molecule has 0 saturated carbocycles. The lowest BCUT2D eigenvalue weighted by Gasteiger charge is -2.17. The molecule has 1 aromatic rings. The van der Waals surface area contributed by atoms with Gasteiger partial charge in [0.15, 0.2) is 0 Å². The average Bonchev–Trinajstić information content (AvgIpc) is 2.19. The quantitative estimate of drug-likeness (QED) is 0.685. The summed E-state index contributed by atoms with van der Waals surface area (Å²) in [5.41, 5.74) is 0.598. The maximum absolute atomic E-state index is 10.8. The Morgan fingerprint density at radius 3 is 2.29 bits per heavy atom. The maximum atomic E-state index is 10.8. The topological polar surface area (TPSA) is 26.3 Å². The van der Waals surface area contributed by atoms with Crippen LogP contribution in [0.25, 0.3) is 0 Å². The minimum Gasteiger partial charge on any atom is -0.494 e. The molecule has 0 spiro atoms. The number of aldehydes is 1. The van der Waals surface area contributed by atoms with Gasteiger partial charge in [-0.25, -0.2) is 0 Å². The van der Waals surface area contributed by atoms with Crippen LogP contribution in [0.15, 0.2) is 24.3 Å². The summed E-state index contributed by atoms with van der Waals surface area (Å²) in [5, 5.41) is 0. The van der Waals surface area contributed by atoms with Crippen molar-refractivity contribution in [2.45, 2.75) is 26.2 Å². The highest BCUT2D eigenvalue weighted by molar-refractivity contribution is 5.67. The van der Waals surface area contributed by atoms with Crippen LogP contribution >= 0.6 is 0 Å². The molecule has 0 amide bonds. The van der Waals surface area contributed by atoms with Gasteiger partial charge in [0.25, 0.3) is 0 Å². The molecule has 0 aromatic heterocycles. The number of benzene rings is 1. The van der Waals surface area contributed by atoms with Gasteiger partial charge in [0.1, 0.15) is 12.0 Å². The zero-order chi connectivity index (χ0) is 10.6. The highest BCUT2D eigenvalue weighted by Gasteiger charge is 2.18. The number of carbonyl (C=O) groups excluding carboxylic acids is 1. The van der Waals surface area contributed by atoms with Crippen molar-refractivity contribution in [3.8, 4) is 5.75 Å². The van der Waals surface area contributed by atoms with E-state index in [1.165, 1.54) is 0 Å². The summed E-state index contributed by atoms with van der Waals surface area (Å²) in [4.78, 5) is 10.8. The Balaban J connectivity index is 2.88. The van der Waals surface area contributed by atoms with Crippen molar-refractivity contribution in [2.24, 2.45) is 0 Å². The molecular formula is C12H16O2. The number of hydrogen-bond acceptors (Lipinski definition) is 2. The van der Waals surface area contributed by atoms with Crippen molar-refractivity contribution < 1.29 is 9.53 Å². The summed E-state index contributed by atoms with van der Waals surface area (Å²) in [5.74, 6) is 0.845. The van der Waals surface area contributed by atoms with E-state index >= 15 is 0 Å². The van der Waals surface area contributed by atoms with E-state index in [9.17, 15) is 4.79 Å². The molecular weight excluding hydrogens is 176 g/mol. The second kappa shape index (κ2) is 4.27. The highest BCUT2D eigenvalue weighted by atomic mass is 16.5. The largest absolute Gasteiger partial charge is 0.494 e. The first-order chi connectivity index (χ1) is 6.60. The Labute approximate surface area is 84.9 Å². The fourth-order valence-corrected chi connectivity index (χ4v) is 1.22. The molecule has 0 bridgehead atoms. The zero-order valence-electron chi connectivity index (χ0n) is 8.91. The van der Waals surface area contributed by atoms with Gasteiger partial charge in [0, 0.05) is 5.41 Å². The average molecular weight is 192 g/mol. The van der Waals surface area contributed by atoms with Gasteiger partial charge in [-0.1, -0.05) is 12.1 Å². The minimum atomic E-state index is -0.412. The van der Waals surface area contributed by atoms with Crippen LogP contribution in [0.2, 0.25) is 0 Å². The zero-order valence-corrected chi connectivity index (χ0v) is 8.91. The van der Waals surface area contributed by atoms with E-state index in [2.05, 4.69) is 0 Å². The third-order valence-electron chi connectivity index (χ3n) is 2.20. The van der Waals surface area contributed by atoms with E-state index in [0.29, 0.717) is 6.61 Å². The third kappa shape index (κ3) is 2.34. The highest BCUT2D eigenvalue weighted by Crippen LogP contribution is 2.22. The molecule has 2 heteroatoms. The molecule has 0 aliphatic rings. The second-order valence-electron chi connectivity index (χ2n) is 3.80. The SMILES string of the molecule is CCOc1ccc(C(C)(C)C=O)cc1. The van der Waals surface area contributed by atoms with E-state index in [4.69, 9.17) is 4.74 Å². The van der Waals surface area contributed by atoms with Gasteiger partial charge < -0.3 is 9.53 Å². The lowest BCUT2D eigenvalue weighted by atomic mass is 9.86. The lowest BCUT2D eigenvalue weighted by molar-refractivity contribution is -0.111. The number of ether oxygens (including phenoxy) is 1. The summed E-state index contributed by atoms with van der Waals surface area (Å²) in [7, 11) is 0. The number of hydrogen-bond donors (Lipinski definition) is 0. The Bertz CT molecular complexity index is 299. The van der Waals surface area contributed by atoms with Gasteiger partial charge >= 0.3 is 0 Å². The summed E-state index contributed by atoms with van der Waals surface area (Å²) in [6, 6.07) is 7.65. The molecule has 0 N–H and O–H groups in total. The van der Waals surface area contributed by atoms with E-state index in [1.54, 1.807) is 0 Å². The summed E-state index contributed by atoms with van der Waals surface area (Å²) >= 11 is 0. The van der Waals surface area contributed by atoms with Gasteiger partial charge in [-0.2, -0.15) is 0 Å². The first-order valence-electron chi connectivity index (χ1n) is 4.80. The minimum absolute atomic E-state index is 0.412. The standard InChI is InChI=1S/C12H16O2/c1-4-14-11-7-5-10(6-8-11)12(2,3)9-13/h5-9H,4H2,1-3H3.